The second-order valence-electron chi connectivity index (χ2n) is 8.09. The van der Waals surface area contributed by atoms with E-state index in [1.54, 1.807) is 0 Å². The highest BCUT2D eigenvalue weighted by Crippen LogP contribution is 2.73. The summed E-state index contributed by atoms with van der Waals surface area (Å²) in [5.74, 6) is -31.7. The molecule has 8 nitrogen and oxygen atoms in total. The molecule has 210 valence electrons. The fourth-order valence-corrected chi connectivity index (χ4v) is 4.33. The lowest BCUT2D eigenvalue weighted by Gasteiger charge is -2.65. The van der Waals surface area contributed by atoms with Crippen LogP contribution in [0.15, 0.2) is 50.6 Å². The molecule has 16 heteroatoms. The molecule has 0 amide bonds. The highest BCUT2D eigenvalue weighted by molar-refractivity contribution is 5.84. The van der Waals surface area contributed by atoms with Crippen molar-refractivity contribution in [2.24, 2.45) is 0 Å². The van der Waals surface area contributed by atoms with Gasteiger partial charge in [0.05, 0.1) is 6.42 Å². The van der Waals surface area contributed by atoms with Crippen molar-refractivity contribution in [3.05, 3.63) is 50.6 Å². The molecular weight excluding hydrogens is 544 g/mol. The van der Waals surface area contributed by atoms with E-state index in [1.165, 1.54) is 0 Å². The molecule has 0 heterocycles. The van der Waals surface area contributed by atoms with Crippen LogP contribution in [0.3, 0.4) is 0 Å². The molecule has 4 unspecified atom stereocenters. The van der Waals surface area contributed by atoms with E-state index in [4.69, 9.17) is 0 Å². The maximum Gasteiger partial charge on any atom is 0.361 e. The molecule has 0 aromatic rings. The Hall–Kier alpha value is -3.72. The van der Waals surface area contributed by atoms with E-state index in [0.29, 0.717) is 0 Å². The van der Waals surface area contributed by atoms with Gasteiger partial charge in [0.2, 0.25) is 5.60 Å². The van der Waals surface area contributed by atoms with Crippen molar-refractivity contribution >= 4 is 23.9 Å². The number of rotatable bonds is 9. The van der Waals surface area contributed by atoms with Gasteiger partial charge in [0.15, 0.2) is 0 Å². The van der Waals surface area contributed by atoms with Gasteiger partial charge in [-0.3, -0.25) is 0 Å². The summed E-state index contributed by atoms with van der Waals surface area (Å²) in [5.41, 5.74) is -15.0. The molecule has 2 fully saturated rings. The van der Waals surface area contributed by atoms with E-state index in [0.717, 1.165) is 0 Å². The first kappa shape index (κ1) is 30.5. The van der Waals surface area contributed by atoms with Crippen molar-refractivity contribution in [3.63, 3.8) is 0 Å². The van der Waals surface area contributed by atoms with Gasteiger partial charge in [0.25, 0.3) is 11.2 Å². The second-order valence-corrected chi connectivity index (χ2v) is 8.09. The van der Waals surface area contributed by atoms with Gasteiger partial charge < -0.3 is 18.9 Å². The summed E-state index contributed by atoms with van der Waals surface area (Å²) >= 11 is 0. The SMILES string of the molecule is C=CC(=O)OC1(F)CC2(OC(=O)C=C)C(F)(F)C(CF)(OC(=O)C=C)CC(OC(=O)C=C)(C1(F)F)C2(F)F. The third-order valence-electron chi connectivity index (χ3n) is 6.07. The second kappa shape index (κ2) is 9.23. The summed E-state index contributed by atoms with van der Waals surface area (Å²) in [6.45, 7) is 8.40. The van der Waals surface area contributed by atoms with Crippen molar-refractivity contribution in [2.75, 3.05) is 6.67 Å². The average molecular weight is 562 g/mol. The zero-order valence-corrected chi connectivity index (χ0v) is 19.0. The summed E-state index contributed by atoms with van der Waals surface area (Å²) in [4.78, 5) is 47.5. The number of esters is 4. The molecule has 2 rings (SSSR count). The molecule has 0 aromatic carbocycles. The average Bonchev–Trinajstić information content (AvgIpc) is 2.84. The predicted octanol–water partition coefficient (Wildman–Crippen LogP) is 3.47. The minimum atomic E-state index is -6.04. The molecule has 0 N–H and O–H groups in total. The fraction of sp³-hybridized carbons (Fsp3) is 0.455. The number of halogens is 8. The van der Waals surface area contributed by atoms with Gasteiger partial charge in [-0.05, 0) is 0 Å². The van der Waals surface area contributed by atoms with Crippen LogP contribution in [0.2, 0.25) is 0 Å². The van der Waals surface area contributed by atoms with Gasteiger partial charge in [-0.2, -0.15) is 30.7 Å². The molecule has 4 atom stereocenters. The van der Waals surface area contributed by atoms with Gasteiger partial charge in [-0.15, -0.1) is 0 Å². The van der Waals surface area contributed by atoms with Crippen LogP contribution in [0.4, 0.5) is 35.1 Å². The lowest BCUT2D eigenvalue weighted by Crippen LogP contribution is -2.92. The van der Waals surface area contributed by atoms with Gasteiger partial charge in [-0.25, -0.2) is 23.6 Å². The summed E-state index contributed by atoms with van der Waals surface area (Å²) in [7, 11) is 0. The van der Waals surface area contributed by atoms with Crippen LogP contribution in [0.5, 0.6) is 0 Å². The Bertz CT molecular complexity index is 1080. The van der Waals surface area contributed by atoms with Crippen LogP contribution >= 0.6 is 0 Å². The first-order valence-electron chi connectivity index (χ1n) is 10.1. The molecule has 38 heavy (non-hydrogen) atoms. The van der Waals surface area contributed by atoms with E-state index in [9.17, 15) is 23.6 Å². The van der Waals surface area contributed by atoms with Gasteiger partial charge in [-0.1, -0.05) is 26.3 Å². The van der Waals surface area contributed by atoms with Crippen molar-refractivity contribution in [1.29, 1.82) is 0 Å². The molecule has 0 aliphatic heterocycles. The van der Waals surface area contributed by atoms with Crippen molar-refractivity contribution in [3.8, 4) is 0 Å². The maximum atomic E-state index is 16.1. The fourth-order valence-electron chi connectivity index (χ4n) is 4.33. The highest BCUT2D eigenvalue weighted by atomic mass is 19.3. The van der Waals surface area contributed by atoms with Crippen molar-refractivity contribution in [1.82, 2.24) is 0 Å². The van der Waals surface area contributed by atoms with Crippen LogP contribution in [0.1, 0.15) is 12.8 Å². The predicted molar refractivity (Wildman–Crippen MR) is 107 cm³/mol. The molecular formula is C22H18F8O8. The number of alkyl halides is 8. The molecule has 2 aliphatic rings. The molecule has 0 aromatic heterocycles. The number of carbonyl (C=O) groups is 4. The number of fused-ring (bicyclic) bond motifs is 2. The van der Waals surface area contributed by atoms with Crippen molar-refractivity contribution < 1.29 is 73.2 Å². The third kappa shape index (κ3) is 3.63. The Morgan fingerprint density at radius 1 is 0.579 bits per heavy atom. The van der Waals surface area contributed by atoms with Gasteiger partial charge in [0, 0.05) is 30.7 Å². The minimum absolute atomic E-state index is 0.0256. The molecule has 0 spiro atoms. The Kier molecular flexibility index (Phi) is 7.41. The van der Waals surface area contributed by atoms with Crippen LogP contribution in [0.25, 0.3) is 0 Å². The molecule has 0 saturated heterocycles. The van der Waals surface area contributed by atoms with Crippen LogP contribution < -0.4 is 0 Å². The Morgan fingerprint density at radius 3 is 1.34 bits per heavy atom. The molecule has 2 saturated carbocycles. The number of hydrogen-bond acceptors (Lipinski definition) is 8. The standard InChI is InChI=1S/C22H18F8O8/c1-5-12(31)35-16(11-23)9-17(36-13(32)6-2)21(27,28)18(20(16,25)26,37-14(33)7-3)10-19(24,22(17,29)30)38-15(34)8-4/h5-8H,1-4,9-11H2. The quantitative estimate of drug-likeness (QED) is 0.182. The Morgan fingerprint density at radius 2 is 0.947 bits per heavy atom. The topological polar surface area (TPSA) is 105 Å². The first-order valence-corrected chi connectivity index (χ1v) is 10.1. The molecule has 2 aliphatic carbocycles. The number of hydrogen-bond donors (Lipinski definition) is 0. The van der Waals surface area contributed by atoms with Crippen LogP contribution in [-0.4, -0.2) is 71.0 Å². The molecule has 0 radical (unpaired) electrons. The third-order valence-corrected chi connectivity index (χ3v) is 6.07. The summed E-state index contributed by atoms with van der Waals surface area (Å²) < 4.78 is 143. The normalized spacial score (nSPS) is 34.0. The number of carbonyl (C=O) groups excluding carboxylic acids is 4. The van der Waals surface area contributed by atoms with Gasteiger partial charge in [0.1, 0.15) is 6.67 Å². The van der Waals surface area contributed by atoms with Gasteiger partial charge >= 0.3 is 47.5 Å². The summed E-state index contributed by atoms with van der Waals surface area (Å²) in [6.07, 6.45) is -5.84. The maximum absolute atomic E-state index is 16.1. The van der Waals surface area contributed by atoms with Crippen LogP contribution in [-0.2, 0) is 38.1 Å². The monoisotopic (exact) mass is 562 g/mol. The largest absolute Gasteiger partial charge is 0.446 e. The zero-order valence-electron chi connectivity index (χ0n) is 19.0. The minimum Gasteiger partial charge on any atom is -0.446 e. The highest BCUT2D eigenvalue weighted by Gasteiger charge is 3.01. The van der Waals surface area contributed by atoms with E-state index >= 15 is 30.7 Å². The zero-order chi connectivity index (χ0) is 29.6. The summed E-state index contributed by atoms with van der Waals surface area (Å²) in [6, 6.07) is 0. The first-order chi connectivity index (χ1) is 17.3. The Balaban J connectivity index is 3.19. The summed E-state index contributed by atoms with van der Waals surface area (Å²) in [5, 5.41) is 0. The van der Waals surface area contributed by atoms with E-state index in [1.807, 2.05) is 0 Å². The lowest BCUT2D eigenvalue weighted by molar-refractivity contribution is -0.492. The molecule has 2 bridgehead atoms. The van der Waals surface area contributed by atoms with Crippen molar-refractivity contribution in [2.45, 2.75) is 53.3 Å². The lowest BCUT2D eigenvalue weighted by atomic mass is 9.53. The Labute approximate surface area is 208 Å². The smallest absolute Gasteiger partial charge is 0.361 e. The number of ether oxygens (including phenoxy) is 4. The van der Waals surface area contributed by atoms with E-state index in [2.05, 4.69) is 45.3 Å². The van der Waals surface area contributed by atoms with E-state index < -0.39 is 83.8 Å². The van der Waals surface area contributed by atoms with E-state index in [-0.39, 0.29) is 24.3 Å². The van der Waals surface area contributed by atoms with Crippen LogP contribution in [0, 0.1) is 0 Å².